The topological polar surface area (TPSA) is 209 Å². The molecular formula is C26H29N8O9PS. The highest BCUT2D eigenvalue weighted by Gasteiger charge is 2.32. The predicted molar refractivity (Wildman–Crippen MR) is 157 cm³/mol. The van der Waals surface area contributed by atoms with E-state index in [0.29, 0.717) is 53.2 Å². The van der Waals surface area contributed by atoms with Gasteiger partial charge in [0.25, 0.3) is 10.0 Å². The van der Waals surface area contributed by atoms with Gasteiger partial charge in [-0.2, -0.15) is 14.4 Å². The van der Waals surface area contributed by atoms with E-state index in [9.17, 15) is 13.0 Å². The molecule has 0 aliphatic carbocycles. The Hall–Kier alpha value is -4.16. The van der Waals surface area contributed by atoms with Crippen LogP contribution in [-0.2, 0) is 30.9 Å². The van der Waals surface area contributed by atoms with Crippen molar-refractivity contribution in [1.29, 1.82) is 0 Å². The van der Waals surface area contributed by atoms with Crippen molar-refractivity contribution in [3.8, 4) is 28.4 Å². The number of anilines is 1. The van der Waals surface area contributed by atoms with Gasteiger partial charge in [-0.05, 0) is 37.1 Å². The lowest BCUT2D eigenvalue weighted by Gasteiger charge is -2.31. The van der Waals surface area contributed by atoms with Crippen LogP contribution in [0.25, 0.3) is 28.5 Å². The molecule has 6 rings (SSSR count). The number of aromatic nitrogens is 6. The van der Waals surface area contributed by atoms with Crippen molar-refractivity contribution in [2.45, 2.75) is 23.9 Å². The number of nitrogens with one attached hydrogen (secondary N) is 1. The van der Waals surface area contributed by atoms with Crippen LogP contribution in [0, 0.1) is 0 Å². The van der Waals surface area contributed by atoms with E-state index < -0.39 is 24.6 Å². The lowest BCUT2D eigenvalue weighted by Crippen LogP contribution is -2.45. The van der Waals surface area contributed by atoms with Gasteiger partial charge in [0.15, 0.2) is 18.6 Å². The number of hydrogen-bond acceptors (Lipinski definition) is 12. The summed E-state index contributed by atoms with van der Waals surface area (Å²) in [6.07, 6.45) is 7.81. The monoisotopic (exact) mass is 660 g/mol. The summed E-state index contributed by atoms with van der Waals surface area (Å²) in [5.41, 5.74) is 2.37. The van der Waals surface area contributed by atoms with Crippen LogP contribution in [0.1, 0.15) is 12.8 Å². The Morgan fingerprint density at radius 3 is 2.82 bits per heavy atom. The van der Waals surface area contributed by atoms with Gasteiger partial charge in [0.2, 0.25) is 5.95 Å². The van der Waals surface area contributed by atoms with Crippen LogP contribution in [0.5, 0.6) is 5.75 Å². The van der Waals surface area contributed by atoms with Gasteiger partial charge in [-0.15, -0.1) is 0 Å². The number of hydrogen-bond donors (Lipinski definition) is 3. The second-order valence-electron chi connectivity index (χ2n) is 10.0. The van der Waals surface area contributed by atoms with Crippen molar-refractivity contribution in [2.24, 2.45) is 7.05 Å². The summed E-state index contributed by atoms with van der Waals surface area (Å²) in [5.74, 6) is 1.07. The molecule has 0 bridgehead atoms. The number of sulfonamides is 1. The van der Waals surface area contributed by atoms with E-state index in [-0.39, 0.29) is 24.4 Å². The Morgan fingerprint density at radius 1 is 1.16 bits per heavy atom. The molecule has 0 radical (unpaired) electrons. The minimum absolute atomic E-state index is 0.0113. The molecule has 1 aliphatic rings. The Balaban J connectivity index is 1.21. The lowest BCUT2D eigenvalue weighted by molar-refractivity contribution is -0.0623. The molecular weight excluding hydrogens is 631 g/mol. The average molecular weight is 661 g/mol. The molecule has 17 nitrogen and oxygen atoms in total. The van der Waals surface area contributed by atoms with Crippen LogP contribution in [0.2, 0.25) is 0 Å². The van der Waals surface area contributed by atoms with E-state index in [1.165, 1.54) is 21.3 Å². The first-order valence-corrected chi connectivity index (χ1v) is 16.6. The smallest absolute Gasteiger partial charge is 0.467 e. The van der Waals surface area contributed by atoms with Gasteiger partial charge >= 0.3 is 13.7 Å². The van der Waals surface area contributed by atoms with E-state index in [1.54, 1.807) is 54.3 Å². The molecule has 0 spiro atoms. The summed E-state index contributed by atoms with van der Waals surface area (Å²) in [4.78, 5) is 31.3. The van der Waals surface area contributed by atoms with Gasteiger partial charge in [0.05, 0.1) is 5.69 Å². The summed E-state index contributed by atoms with van der Waals surface area (Å²) < 4.78 is 62.0. The number of imidazole rings is 1. The summed E-state index contributed by atoms with van der Waals surface area (Å²) in [6, 6.07) is 9.98. The molecule has 0 saturated carbocycles. The largest absolute Gasteiger partial charge is 0.471 e. The van der Waals surface area contributed by atoms with Crippen LogP contribution >= 0.6 is 7.82 Å². The van der Waals surface area contributed by atoms with Crippen LogP contribution in [0.3, 0.4) is 0 Å². The molecule has 0 amide bonds. The standard InChI is InChI=1S/C26H29N8O9PS/c1-32-11-8-22(31-32)45(38,39)33-10-3-5-19(15-33)28-25-27-9-7-21(29-25)24-23(30-26-34(24)12-13-41-26)18-4-2-6-20(14-18)42-16-40-17-43-44(35,36)37/h2,4,6-9,11-14,19H,3,5,10,15-17H2,1H3,(H,27,28,29)(H2,35,36,37)/t19-/m1/s1. The molecule has 3 N–H and O–H groups in total. The number of benzene rings is 1. The summed E-state index contributed by atoms with van der Waals surface area (Å²) in [7, 11) is -6.72. The molecule has 5 heterocycles. The number of rotatable bonds is 12. The fourth-order valence-electron chi connectivity index (χ4n) is 4.90. The third-order valence-electron chi connectivity index (χ3n) is 6.89. The minimum Gasteiger partial charge on any atom is -0.467 e. The zero-order valence-corrected chi connectivity index (χ0v) is 25.5. The van der Waals surface area contributed by atoms with E-state index in [4.69, 9.17) is 28.7 Å². The quantitative estimate of drug-likeness (QED) is 0.0998. The first-order valence-electron chi connectivity index (χ1n) is 13.6. The van der Waals surface area contributed by atoms with Crippen LogP contribution < -0.4 is 10.1 Å². The molecule has 45 heavy (non-hydrogen) atoms. The zero-order chi connectivity index (χ0) is 31.6. The Kier molecular flexibility index (Phi) is 8.69. The van der Waals surface area contributed by atoms with Gasteiger partial charge in [0, 0.05) is 50.3 Å². The van der Waals surface area contributed by atoms with Crippen LogP contribution in [0.15, 0.2) is 70.7 Å². The van der Waals surface area contributed by atoms with Gasteiger partial charge in [-0.1, -0.05) is 12.1 Å². The number of piperidine rings is 1. The van der Waals surface area contributed by atoms with E-state index in [0.717, 1.165) is 6.42 Å². The first kappa shape index (κ1) is 30.8. The van der Waals surface area contributed by atoms with Crippen LogP contribution in [-0.4, -0.2) is 84.4 Å². The SMILES string of the molecule is Cn1ccc(S(=O)(=O)N2CCC[C@@H](Nc3nccc(-c4c(-c5cccc(OCOCOP(=O)(O)O)c5)nc5occn45)n3)C2)n1. The highest BCUT2D eigenvalue weighted by Crippen LogP contribution is 2.36. The van der Waals surface area contributed by atoms with Crippen molar-refractivity contribution in [3.05, 3.63) is 61.3 Å². The maximum atomic E-state index is 13.1. The summed E-state index contributed by atoms with van der Waals surface area (Å²) in [5, 5.41) is 7.38. The number of oxazole rings is 1. The van der Waals surface area contributed by atoms with E-state index >= 15 is 0 Å². The third kappa shape index (κ3) is 7.07. The average Bonchev–Trinajstić information content (AvgIpc) is 3.73. The first-order chi connectivity index (χ1) is 21.6. The number of phosphoric acid groups is 1. The fraction of sp³-hybridized carbons (Fsp3) is 0.308. The number of phosphoric ester groups is 1. The van der Waals surface area contributed by atoms with Gasteiger partial charge in [-0.3, -0.25) is 13.6 Å². The van der Waals surface area contributed by atoms with E-state index in [2.05, 4.69) is 24.9 Å². The molecule has 1 fully saturated rings. The maximum absolute atomic E-state index is 13.1. The number of ether oxygens (including phenoxy) is 2. The maximum Gasteiger partial charge on any atom is 0.471 e. The second kappa shape index (κ2) is 12.7. The van der Waals surface area contributed by atoms with Crippen molar-refractivity contribution in [2.75, 3.05) is 32.0 Å². The Labute approximate surface area is 256 Å². The van der Waals surface area contributed by atoms with Crippen molar-refractivity contribution < 1.29 is 41.2 Å². The normalized spacial score (nSPS) is 16.3. The molecule has 0 unspecified atom stereocenters. The van der Waals surface area contributed by atoms with E-state index in [1.807, 2.05) is 6.07 Å². The van der Waals surface area contributed by atoms with Crippen molar-refractivity contribution >= 4 is 29.6 Å². The van der Waals surface area contributed by atoms with Crippen molar-refractivity contribution in [3.63, 3.8) is 0 Å². The number of aryl methyl sites for hydroxylation is 1. The number of fused-ring (bicyclic) bond motifs is 1. The molecule has 1 saturated heterocycles. The fourth-order valence-corrected chi connectivity index (χ4v) is 6.59. The summed E-state index contributed by atoms with van der Waals surface area (Å²) in [6.45, 7) is -0.330. The molecule has 1 aliphatic heterocycles. The summed E-state index contributed by atoms with van der Waals surface area (Å²) >= 11 is 0. The highest BCUT2D eigenvalue weighted by atomic mass is 32.2. The van der Waals surface area contributed by atoms with Crippen molar-refractivity contribution in [1.82, 2.24) is 33.4 Å². The zero-order valence-electron chi connectivity index (χ0n) is 23.8. The Bertz CT molecular complexity index is 1950. The molecule has 1 aromatic carbocycles. The second-order valence-corrected chi connectivity index (χ2v) is 13.2. The predicted octanol–water partition coefficient (Wildman–Crippen LogP) is 2.47. The lowest BCUT2D eigenvalue weighted by atomic mass is 10.1. The third-order valence-corrected chi connectivity index (χ3v) is 9.09. The molecule has 19 heteroatoms. The highest BCUT2D eigenvalue weighted by molar-refractivity contribution is 7.89. The minimum atomic E-state index is -4.65. The van der Waals surface area contributed by atoms with Gasteiger partial charge in [0.1, 0.15) is 23.4 Å². The molecule has 4 aromatic heterocycles. The molecule has 5 aromatic rings. The van der Waals surface area contributed by atoms with Gasteiger partial charge in [-0.25, -0.2) is 23.0 Å². The molecule has 1 atom stereocenters. The molecule has 238 valence electrons. The van der Waals surface area contributed by atoms with Crippen LogP contribution in [0.4, 0.5) is 5.95 Å². The number of nitrogens with zero attached hydrogens (tertiary/aromatic N) is 7. The Morgan fingerprint density at radius 2 is 2.02 bits per heavy atom. The van der Waals surface area contributed by atoms with Gasteiger partial charge < -0.3 is 29.0 Å².